The predicted molar refractivity (Wildman–Crippen MR) is 55.8 cm³/mol. The fourth-order valence-electron chi connectivity index (χ4n) is 1.17. The van der Waals surface area contributed by atoms with Crippen molar-refractivity contribution < 1.29 is 9.59 Å². The number of hydrogen-bond donors (Lipinski definition) is 2. The van der Waals surface area contributed by atoms with E-state index in [1.54, 1.807) is 14.1 Å². The first-order valence-corrected chi connectivity index (χ1v) is 5.12. The Balaban J connectivity index is 3.14. The molecule has 2 N–H and O–H groups in total. The fraction of sp³-hybridized carbons (Fsp3) is 0.800. The molecule has 2 amide bonds. The van der Waals surface area contributed by atoms with Crippen LogP contribution in [0.1, 0.15) is 38.5 Å². The maximum Gasteiger partial charge on any atom is 0.219 e. The lowest BCUT2D eigenvalue weighted by atomic mass is 10.1. The smallest absolute Gasteiger partial charge is 0.219 e. The van der Waals surface area contributed by atoms with Crippen LogP contribution < -0.4 is 10.6 Å². The van der Waals surface area contributed by atoms with Gasteiger partial charge in [0.05, 0.1) is 0 Å². The molecule has 0 radical (unpaired) electrons. The molecule has 0 spiro atoms. The monoisotopic (exact) mass is 200 g/mol. The summed E-state index contributed by atoms with van der Waals surface area (Å²) in [6.07, 6.45) is 5.04. The minimum absolute atomic E-state index is 0.0938. The summed E-state index contributed by atoms with van der Waals surface area (Å²) < 4.78 is 0. The SMILES string of the molecule is CNC(=O)CCCCCCC(=O)NC. The predicted octanol–water partition coefficient (Wildman–Crippen LogP) is 0.819. The van der Waals surface area contributed by atoms with E-state index in [1.165, 1.54) is 0 Å². The largest absolute Gasteiger partial charge is 0.359 e. The average molecular weight is 200 g/mol. The van der Waals surface area contributed by atoms with E-state index in [0.717, 1.165) is 25.7 Å². The van der Waals surface area contributed by atoms with Crippen LogP contribution >= 0.6 is 0 Å². The van der Waals surface area contributed by atoms with Gasteiger partial charge >= 0.3 is 0 Å². The van der Waals surface area contributed by atoms with E-state index in [9.17, 15) is 9.59 Å². The van der Waals surface area contributed by atoms with Crippen LogP contribution in [0.5, 0.6) is 0 Å². The highest BCUT2D eigenvalue weighted by atomic mass is 16.2. The van der Waals surface area contributed by atoms with Gasteiger partial charge in [0.2, 0.25) is 11.8 Å². The Kier molecular flexibility index (Phi) is 7.89. The second-order valence-corrected chi connectivity index (χ2v) is 3.26. The summed E-state index contributed by atoms with van der Waals surface area (Å²) in [5, 5.41) is 5.16. The van der Waals surface area contributed by atoms with Gasteiger partial charge in [0.25, 0.3) is 0 Å². The maximum atomic E-state index is 10.8. The first-order valence-electron chi connectivity index (χ1n) is 5.12. The second kappa shape index (κ2) is 8.53. The molecule has 0 rings (SSSR count). The second-order valence-electron chi connectivity index (χ2n) is 3.26. The van der Waals surface area contributed by atoms with Gasteiger partial charge in [0, 0.05) is 26.9 Å². The van der Waals surface area contributed by atoms with Crippen molar-refractivity contribution in [2.45, 2.75) is 38.5 Å². The van der Waals surface area contributed by atoms with Crippen molar-refractivity contribution in [3.63, 3.8) is 0 Å². The van der Waals surface area contributed by atoms with Gasteiger partial charge in [-0.3, -0.25) is 9.59 Å². The van der Waals surface area contributed by atoms with Crippen molar-refractivity contribution in [1.29, 1.82) is 0 Å². The first kappa shape index (κ1) is 12.9. The quantitative estimate of drug-likeness (QED) is 0.598. The Labute approximate surface area is 85.4 Å². The number of carbonyl (C=O) groups excluding carboxylic acids is 2. The van der Waals surface area contributed by atoms with Crippen LogP contribution in [0, 0.1) is 0 Å². The summed E-state index contributed by atoms with van der Waals surface area (Å²) in [5.74, 6) is 0.188. The molecule has 0 aromatic rings. The third-order valence-electron chi connectivity index (χ3n) is 2.12. The molecule has 0 fully saturated rings. The Hall–Kier alpha value is -1.06. The Bertz CT molecular complexity index is 161. The van der Waals surface area contributed by atoms with Gasteiger partial charge < -0.3 is 10.6 Å². The van der Waals surface area contributed by atoms with Crippen molar-refractivity contribution in [3.8, 4) is 0 Å². The number of rotatable bonds is 7. The zero-order valence-electron chi connectivity index (χ0n) is 9.06. The number of unbranched alkanes of at least 4 members (excludes halogenated alkanes) is 3. The lowest BCUT2D eigenvalue weighted by molar-refractivity contribution is -0.121. The van der Waals surface area contributed by atoms with E-state index in [-0.39, 0.29) is 11.8 Å². The Morgan fingerprint density at radius 3 is 1.43 bits per heavy atom. The molecule has 0 aliphatic heterocycles. The standard InChI is InChI=1S/C10H20N2O2/c1-11-9(13)7-5-3-4-6-8-10(14)12-2/h3-8H2,1-2H3,(H,11,13)(H,12,14). The molecular weight excluding hydrogens is 180 g/mol. The Morgan fingerprint density at radius 1 is 0.786 bits per heavy atom. The van der Waals surface area contributed by atoms with Crippen LogP contribution in [0.25, 0.3) is 0 Å². The zero-order valence-corrected chi connectivity index (χ0v) is 9.06. The zero-order chi connectivity index (χ0) is 10.8. The molecule has 82 valence electrons. The van der Waals surface area contributed by atoms with E-state index in [2.05, 4.69) is 10.6 Å². The van der Waals surface area contributed by atoms with Crippen LogP contribution in [-0.2, 0) is 9.59 Å². The summed E-state index contributed by atoms with van der Waals surface area (Å²) >= 11 is 0. The number of nitrogens with one attached hydrogen (secondary N) is 2. The molecule has 0 heterocycles. The van der Waals surface area contributed by atoms with Crippen LogP contribution in [0.4, 0.5) is 0 Å². The van der Waals surface area contributed by atoms with E-state index < -0.39 is 0 Å². The Morgan fingerprint density at radius 2 is 1.14 bits per heavy atom. The highest BCUT2D eigenvalue weighted by Gasteiger charge is 1.99. The van der Waals surface area contributed by atoms with Gasteiger partial charge in [-0.25, -0.2) is 0 Å². The van der Waals surface area contributed by atoms with Gasteiger partial charge in [0.15, 0.2) is 0 Å². The minimum atomic E-state index is 0.0938. The van der Waals surface area contributed by atoms with Crippen LogP contribution in [-0.4, -0.2) is 25.9 Å². The molecule has 0 aromatic carbocycles. The lowest BCUT2D eigenvalue weighted by Gasteiger charge is -2.01. The summed E-state index contributed by atoms with van der Waals surface area (Å²) in [5.41, 5.74) is 0. The van der Waals surface area contributed by atoms with Crippen molar-refractivity contribution >= 4 is 11.8 Å². The molecule has 0 aliphatic rings. The fourth-order valence-corrected chi connectivity index (χ4v) is 1.17. The van der Waals surface area contributed by atoms with Crippen LogP contribution in [0.3, 0.4) is 0 Å². The van der Waals surface area contributed by atoms with Crippen molar-refractivity contribution in [3.05, 3.63) is 0 Å². The summed E-state index contributed by atoms with van der Waals surface area (Å²) in [4.78, 5) is 21.6. The number of amides is 2. The highest BCUT2D eigenvalue weighted by Crippen LogP contribution is 2.04. The number of carbonyl (C=O) groups is 2. The van der Waals surface area contributed by atoms with Gasteiger partial charge in [-0.15, -0.1) is 0 Å². The molecule has 0 atom stereocenters. The van der Waals surface area contributed by atoms with Gasteiger partial charge in [-0.2, -0.15) is 0 Å². The average Bonchev–Trinajstić information content (AvgIpc) is 2.22. The molecule has 0 aromatic heterocycles. The molecule has 14 heavy (non-hydrogen) atoms. The molecule has 0 saturated heterocycles. The summed E-state index contributed by atoms with van der Waals surface area (Å²) in [6, 6.07) is 0. The lowest BCUT2D eigenvalue weighted by Crippen LogP contribution is -2.17. The van der Waals surface area contributed by atoms with Gasteiger partial charge in [0.1, 0.15) is 0 Å². The molecular formula is C10H20N2O2. The first-order chi connectivity index (χ1) is 6.70. The van der Waals surface area contributed by atoms with Gasteiger partial charge in [-0.05, 0) is 12.8 Å². The third-order valence-corrected chi connectivity index (χ3v) is 2.12. The molecule has 4 heteroatoms. The summed E-state index contributed by atoms with van der Waals surface area (Å²) in [6.45, 7) is 0. The topological polar surface area (TPSA) is 58.2 Å². The van der Waals surface area contributed by atoms with E-state index in [4.69, 9.17) is 0 Å². The highest BCUT2D eigenvalue weighted by molar-refractivity contribution is 5.75. The van der Waals surface area contributed by atoms with Crippen molar-refractivity contribution in [1.82, 2.24) is 10.6 Å². The molecule has 0 bridgehead atoms. The molecule has 0 aliphatic carbocycles. The van der Waals surface area contributed by atoms with Crippen molar-refractivity contribution in [2.75, 3.05) is 14.1 Å². The molecule has 0 unspecified atom stereocenters. The van der Waals surface area contributed by atoms with E-state index in [0.29, 0.717) is 12.8 Å². The maximum absolute atomic E-state index is 10.8. The van der Waals surface area contributed by atoms with Crippen LogP contribution in [0.2, 0.25) is 0 Å². The van der Waals surface area contributed by atoms with Crippen LogP contribution in [0.15, 0.2) is 0 Å². The van der Waals surface area contributed by atoms with Crippen molar-refractivity contribution in [2.24, 2.45) is 0 Å². The molecule has 4 nitrogen and oxygen atoms in total. The molecule has 0 saturated carbocycles. The van der Waals surface area contributed by atoms with Gasteiger partial charge in [-0.1, -0.05) is 12.8 Å². The van der Waals surface area contributed by atoms with E-state index in [1.807, 2.05) is 0 Å². The number of hydrogen-bond acceptors (Lipinski definition) is 2. The summed E-state index contributed by atoms with van der Waals surface area (Å²) in [7, 11) is 3.29. The third kappa shape index (κ3) is 7.58. The minimum Gasteiger partial charge on any atom is -0.359 e. The normalized spacial score (nSPS) is 9.57. The van der Waals surface area contributed by atoms with E-state index >= 15 is 0 Å².